The number of carboxylic acids is 1. The summed E-state index contributed by atoms with van der Waals surface area (Å²) in [6, 6.07) is 4.57. The van der Waals surface area contributed by atoms with E-state index in [1.165, 1.54) is 17.0 Å². The number of hydrogen-bond donors (Lipinski definition) is 1. The van der Waals surface area contributed by atoms with Crippen LogP contribution in [0.1, 0.15) is 10.4 Å². The zero-order valence-corrected chi connectivity index (χ0v) is 11.3. The molecule has 1 N–H and O–H groups in total. The Morgan fingerprint density at radius 2 is 2.11 bits per heavy atom. The van der Waals surface area contributed by atoms with Crippen LogP contribution in [-0.2, 0) is 9.53 Å². The summed E-state index contributed by atoms with van der Waals surface area (Å²) in [7, 11) is 0. The second-order valence-electron chi connectivity index (χ2n) is 4.07. The number of carboxylic acid groups (broad SMARTS) is 1. The zero-order chi connectivity index (χ0) is 14.0. The maximum atomic E-state index is 12.2. The Labute approximate surface area is 119 Å². The number of ether oxygens (including phenoxy) is 1. The lowest BCUT2D eigenvalue weighted by Gasteiger charge is -2.31. The third kappa shape index (κ3) is 3.18. The van der Waals surface area contributed by atoms with Crippen LogP contribution in [-0.4, -0.2) is 47.7 Å². The van der Waals surface area contributed by atoms with E-state index in [4.69, 9.17) is 33.0 Å². The molecule has 0 bridgehead atoms. The molecule has 0 aromatic heterocycles. The molecule has 1 fully saturated rings. The van der Waals surface area contributed by atoms with Crippen molar-refractivity contribution in [2.24, 2.45) is 0 Å². The average Bonchev–Trinajstić information content (AvgIpc) is 2.38. The minimum Gasteiger partial charge on any atom is -0.479 e. The zero-order valence-electron chi connectivity index (χ0n) is 9.81. The van der Waals surface area contributed by atoms with Crippen molar-refractivity contribution in [3.05, 3.63) is 33.8 Å². The van der Waals surface area contributed by atoms with E-state index in [1.807, 2.05) is 0 Å². The molecule has 1 saturated heterocycles. The molecule has 1 aromatic rings. The van der Waals surface area contributed by atoms with E-state index < -0.39 is 12.1 Å². The first-order valence-corrected chi connectivity index (χ1v) is 6.33. The highest BCUT2D eigenvalue weighted by Crippen LogP contribution is 2.23. The topological polar surface area (TPSA) is 66.8 Å². The van der Waals surface area contributed by atoms with E-state index in [0.717, 1.165) is 0 Å². The van der Waals surface area contributed by atoms with Crippen LogP contribution < -0.4 is 0 Å². The third-order valence-corrected chi connectivity index (χ3v) is 3.34. The maximum Gasteiger partial charge on any atom is 0.334 e. The van der Waals surface area contributed by atoms with Crippen molar-refractivity contribution in [1.82, 2.24) is 4.90 Å². The Morgan fingerprint density at radius 3 is 2.74 bits per heavy atom. The molecule has 1 amide bonds. The van der Waals surface area contributed by atoms with Crippen LogP contribution >= 0.6 is 23.2 Å². The molecule has 1 heterocycles. The van der Waals surface area contributed by atoms with E-state index in [9.17, 15) is 9.59 Å². The summed E-state index contributed by atoms with van der Waals surface area (Å²) in [5.41, 5.74) is 0.303. The Bertz CT molecular complexity index is 520. The fourth-order valence-electron chi connectivity index (χ4n) is 1.82. The molecule has 0 radical (unpaired) electrons. The van der Waals surface area contributed by atoms with Gasteiger partial charge >= 0.3 is 5.97 Å². The van der Waals surface area contributed by atoms with Crippen molar-refractivity contribution in [3.8, 4) is 0 Å². The standard InChI is InChI=1S/C12H11Cl2NO4/c13-7-1-2-8(9(14)5-7)11(16)15-3-4-19-10(6-15)12(17)18/h1-2,5,10H,3-4,6H2,(H,17,18)/t10-/m1/s1. The summed E-state index contributed by atoms with van der Waals surface area (Å²) in [6.07, 6.45) is -0.997. The Hall–Kier alpha value is -1.30. The van der Waals surface area contributed by atoms with Gasteiger partial charge in [0.25, 0.3) is 5.91 Å². The van der Waals surface area contributed by atoms with Gasteiger partial charge in [0, 0.05) is 11.6 Å². The summed E-state index contributed by atoms with van der Waals surface area (Å²) >= 11 is 11.7. The van der Waals surface area contributed by atoms with Gasteiger partial charge in [0.1, 0.15) is 0 Å². The van der Waals surface area contributed by atoms with E-state index in [-0.39, 0.29) is 24.1 Å². The Morgan fingerprint density at radius 1 is 1.37 bits per heavy atom. The molecule has 1 aromatic carbocycles. The number of halogens is 2. The molecule has 0 unspecified atom stereocenters. The fraction of sp³-hybridized carbons (Fsp3) is 0.333. The van der Waals surface area contributed by atoms with E-state index >= 15 is 0 Å². The van der Waals surface area contributed by atoms with E-state index in [1.54, 1.807) is 6.07 Å². The Balaban J connectivity index is 2.17. The van der Waals surface area contributed by atoms with E-state index in [0.29, 0.717) is 17.1 Å². The molecule has 2 rings (SSSR count). The van der Waals surface area contributed by atoms with Crippen LogP contribution in [0.25, 0.3) is 0 Å². The first-order chi connectivity index (χ1) is 8.99. The SMILES string of the molecule is O=C(O)[C@H]1CN(C(=O)c2ccc(Cl)cc2Cl)CCO1. The first kappa shape index (κ1) is 14.1. The number of rotatable bonds is 2. The van der Waals surface area contributed by atoms with Gasteiger partial charge < -0.3 is 14.7 Å². The molecular formula is C12H11Cl2NO4. The van der Waals surface area contributed by atoms with Crippen LogP contribution in [0.4, 0.5) is 0 Å². The second kappa shape index (κ2) is 5.77. The minimum absolute atomic E-state index is 0.00707. The van der Waals surface area contributed by atoms with Gasteiger partial charge in [0.15, 0.2) is 6.10 Å². The van der Waals surface area contributed by atoms with Crippen LogP contribution in [0.2, 0.25) is 10.0 Å². The van der Waals surface area contributed by atoms with Crippen molar-refractivity contribution in [2.45, 2.75) is 6.10 Å². The monoisotopic (exact) mass is 303 g/mol. The highest BCUT2D eigenvalue weighted by atomic mass is 35.5. The maximum absolute atomic E-state index is 12.2. The number of aliphatic carboxylic acids is 1. The lowest BCUT2D eigenvalue weighted by molar-refractivity contribution is -0.154. The van der Waals surface area contributed by atoms with Gasteiger partial charge in [-0.3, -0.25) is 4.79 Å². The van der Waals surface area contributed by atoms with Crippen LogP contribution in [0.15, 0.2) is 18.2 Å². The molecule has 1 atom stereocenters. The molecule has 1 aliphatic rings. The predicted molar refractivity (Wildman–Crippen MR) is 69.7 cm³/mol. The van der Waals surface area contributed by atoms with Crippen LogP contribution in [0, 0.1) is 0 Å². The number of benzene rings is 1. The van der Waals surface area contributed by atoms with Crippen LogP contribution in [0.3, 0.4) is 0 Å². The normalized spacial score (nSPS) is 19.3. The third-order valence-electron chi connectivity index (χ3n) is 2.79. The largest absolute Gasteiger partial charge is 0.479 e. The van der Waals surface area contributed by atoms with Crippen molar-refractivity contribution in [3.63, 3.8) is 0 Å². The second-order valence-corrected chi connectivity index (χ2v) is 4.92. The van der Waals surface area contributed by atoms with Gasteiger partial charge in [-0.05, 0) is 18.2 Å². The number of amides is 1. The molecule has 1 aliphatic heterocycles. The van der Waals surface area contributed by atoms with Crippen molar-refractivity contribution in [2.75, 3.05) is 19.7 Å². The summed E-state index contributed by atoms with van der Waals surface area (Å²) in [4.78, 5) is 24.5. The molecule has 0 spiro atoms. The highest BCUT2D eigenvalue weighted by Gasteiger charge is 2.30. The van der Waals surface area contributed by atoms with E-state index in [2.05, 4.69) is 0 Å². The summed E-state index contributed by atoms with van der Waals surface area (Å²) in [6.45, 7) is 0.530. The van der Waals surface area contributed by atoms with Crippen molar-refractivity contribution in [1.29, 1.82) is 0 Å². The quantitative estimate of drug-likeness (QED) is 0.906. The lowest BCUT2D eigenvalue weighted by Crippen LogP contribution is -2.48. The minimum atomic E-state index is -1.08. The lowest BCUT2D eigenvalue weighted by atomic mass is 10.1. The molecule has 0 aliphatic carbocycles. The van der Waals surface area contributed by atoms with Gasteiger partial charge in [-0.1, -0.05) is 23.2 Å². The summed E-state index contributed by atoms with van der Waals surface area (Å²) < 4.78 is 5.06. The number of hydrogen-bond acceptors (Lipinski definition) is 3. The molecule has 102 valence electrons. The molecule has 7 heteroatoms. The number of carbonyl (C=O) groups excluding carboxylic acids is 1. The van der Waals surface area contributed by atoms with Crippen molar-refractivity contribution >= 4 is 35.1 Å². The first-order valence-electron chi connectivity index (χ1n) is 5.58. The highest BCUT2D eigenvalue weighted by molar-refractivity contribution is 6.36. The molecule has 19 heavy (non-hydrogen) atoms. The van der Waals surface area contributed by atoms with Gasteiger partial charge in [-0.2, -0.15) is 0 Å². The van der Waals surface area contributed by atoms with Gasteiger partial charge in [-0.15, -0.1) is 0 Å². The summed E-state index contributed by atoms with van der Waals surface area (Å²) in [5.74, 6) is -1.41. The van der Waals surface area contributed by atoms with Crippen molar-refractivity contribution < 1.29 is 19.4 Å². The molecule has 0 saturated carbocycles. The number of carbonyl (C=O) groups is 2. The Kier molecular flexibility index (Phi) is 4.29. The smallest absolute Gasteiger partial charge is 0.334 e. The average molecular weight is 304 g/mol. The van der Waals surface area contributed by atoms with Gasteiger partial charge in [0.2, 0.25) is 0 Å². The van der Waals surface area contributed by atoms with Gasteiger partial charge in [-0.25, -0.2) is 4.79 Å². The summed E-state index contributed by atoms with van der Waals surface area (Å²) in [5, 5.41) is 9.58. The predicted octanol–water partition coefficient (Wildman–Crippen LogP) is 1.92. The fourth-order valence-corrected chi connectivity index (χ4v) is 2.31. The number of morpholine rings is 1. The molecule has 5 nitrogen and oxygen atoms in total. The molecular weight excluding hydrogens is 293 g/mol. The number of nitrogens with zero attached hydrogens (tertiary/aromatic N) is 1. The van der Waals surface area contributed by atoms with Crippen LogP contribution in [0.5, 0.6) is 0 Å². The van der Waals surface area contributed by atoms with Gasteiger partial charge in [0.05, 0.1) is 23.7 Å².